The van der Waals surface area contributed by atoms with Crippen LogP contribution >= 0.6 is 0 Å². The molecule has 0 bridgehead atoms. The fourth-order valence-electron chi connectivity index (χ4n) is 2.25. The first-order valence-electron chi connectivity index (χ1n) is 5.96. The van der Waals surface area contributed by atoms with E-state index in [0.29, 0.717) is 6.61 Å². The molecule has 4 heteroatoms. The van der Waals surface area contributed by atoms with E-state index in [1.165, 1.54) is 0 Å². The first kappa shape index (κ1) is 12.3. The molecule has 1 aromatic rings. The van der Waals surface area contributed by atoms with Gasteiger partial charge in [-0.2, -0.15) is 0 Å². The minimum absolute atomic E-state index is 0.0239. The Kier molecular flexibility index (Phi) is 3.35. The minimum Gasteiger partial charge on any atom is -0.392 e. The molecule has 94 valence electrons. The Bertz CT molecular complexity index is 404. The number of anilines is 1. The van der Waals surface area contributed by atoms with Crippen molar-refractivity contribution in [2.45, 2.75) is 32.9 Å². The van der Waals surface area contributed by atoms with Gasteiger partial charge < -0.3 is 14.7 Å². The lowest BCUT2D eigenvalue weighted by Crippen LogP contribution is -2.53. The summed E-state index contributed by atoms with van der Waals surface area (Å²) in [4.78, 5) is 6.54. The van der Waals surface area contributed by atoms with Gasteiger partial charge in [0.2, 0.25) is 0 Å². The molecule has 2 rings (SSSR count). The molecule has 0 radical (unpaired) electrons. The third-order valence-electron chi connectivity index (χ3n) is 3.20. The van der Waals surface area contributed by atoms with Crippen molar-refractivity contribution < 1.29 is 9.84 Å². The van der Waals surface area contributed by atoms with Crippen molar-refractivity contribution in [2.75, 3.05) is 24.7 Å². The van der Waals surface area contributed by atoms with Crippen molar-refractivity contribution in [1.29, 1.82) is 0 Å². The summed E-state index contributed by atoms with van der Waals surface area (Å²) in [5.74, 6) is 0. The second kappa shape index (κ2) is 4.63. The summed E-state index contributed by atoms with van der Waals surface area (Å²) in [5, 5.41) is 9.41. The van der Waals surface area contributed by atoms with Crippen LogP contribution in [0.5, 0.6) is 0 Å². The molecule has 1 aliphatic heterocycles. The Morgan fingerprint density at radius 1 is 1.53 bits per heavy atom. The molecular formula is C13H20N2O2. The number of aryl methyl sites for hydroxylation is 1. The van der Waals surface area contributed by atoms with E-state index in [1.54, 1.807) is 6.20 Å². The number of rotatable bonds is 2. The van der Waals surface area contributed by atoms with E-state index in [-0.39, 0.29) is 12.1 Å². The maximum Gasteiger partial charge on any atom is 0.0717 e. The predicted molar refractivity (Wildman–Crippen MR) is 67.1 cm³/mol. The average Bonchev–Trinajstić information content (AvgIpc) is 2.28. The molecular weight excluding hydrogens is 216 g/mol. The van der Waals surface area contributed by atoms with Crippen molar-refractivity contribution >= 4 is 5.69 Å². The molecule has 1 aliphatic rings. The highest BCUT2D eigenvalue weighted by Gasteiger charge is 2.31. The molecule has 0 unspecified atom stereocenters. The van der Waals surface area contributed by atoms with E-state index in [9.17, 15) is 5.11 Å². The van der Waals surface area contributed by atoms with E-state index in [2.05, 4.69) is 23.7 Å². The highest BCUT2D eigenvalue weighted by molar-refractivity contribution is 5.55. The van der Waals surface area contributed by atoms with Gasteiger partial charge in [0.05, 0.1) is 25.4 Å². The zero-order valence-corrected chi connectivity index (χ0v) is 10.7. The van der Waals surface area contributed by atoms with Gasteiger partial charge in [-0.1, -0.05) is 0 Å². The number of ether oxygens (including phenoxy) is 1. The van der Waals surface area contributed by atoms with Gasteiger partial charge in [0.25, 0.3) is 0 Å². The lowest BCUT2D eigenvalue weighted by Gasteiger charge is -2.44. The maximum atomic E-state index is 9.41. The molecule has 0 spiro atoms. The zero-order valence-electron chi connectivity index (χ0n) is 10.7. The summed E-state index contributed by atoms with van der Waals surface area (Å²) in [6.07, 6.45) is 1.76. The zero-order chi connectivity index (χ0) is 12.5. The second-order valence-electron chi connectivity index (χ2n) is 5.13. The van der Waals surface area contributed by atoms with E-state index >= 15 is 0 Å². The Hall–Kier alpha value is -1.13. The Balaban J connectivity index is 2.40. The number of aliphatic hydroxyl groups is 1. The third-order valence-corrected chi connectivity index (χ3v) is 3.20. The highest BCUT2D eigenvalue weighted by Crippen LogP contribution is 2.30. The van der Waals surface area contributed by atoms with Crippen molar-refractivity contribution in [2.24, 2.45) is 0 Å². The predicted octanol–water partition coefficient (Wildman–Crippen LogP) is 1.50. The molecule has 0 aromatic carbocycles. The number of aliphatic hydroxyl groups excluding tert-OH is 1. The van der Waals surface area contributed by atoms with Gasteiger partial charge in [-0.3, -0.25) is 4.98 Å². The summed E-state index contributed by atoms with van der Waals surface area (Å²) < 4.78 is 5.52. The van der Waals surface area contributed by atoms with Crippen molar-refractivity contribution in [3.05, 3.63) is 23.5 Å². The van der Waals surface area contributed by atoms with E-state index in [1.807, 2.05) is 13.0 Å². The monoisotopic (exact) mass is 236 g/mol. The summed E-state index contributed by atoms with van der Waals surface area (Å²) in [6.45, 7) is 8.60. The molecule has 17 heavy (non-hydrogen) atoms. The van der Waals surface area contributed by atoms with E-state index < -0.39 is 0 Å². The smallest absolute Gasteiger partial charge is 0.0717 e. The number of hydrogen-bond acceptors (Lipinski definition) is 4. The van der Waals surface area contributed by atoms with Gasteiger partial charge in [0.15, 0.2) is 0 Å². The third kappa shape index (κ3) is 2.42. The molecule has 1 aromatic heterocycles. The van der Waals surface area contributed by atoms with Crippen LogP contribution in [0.2, 0.25) is 0 Å². The molecule has 1 saturated heterocycles. The van der Waals surface area contributed by atoms with Gasteiger partial charge in [-0.15, -0.1) is 0 Å². The second-order valence-corrected chi connectivity index (χ2v) is 5.13. The lowest BCUT2D eigenvalue weighted by molar-refractivity contribution is 0.0641. The standard InChI is InChI=1S/C13H20N2O2/c1-10-6-12(11(8-16)7-14-10)15-4-5-17-9-13(15,2)3/h6-7,16H,4-5,8-9H2,1-3H3. The van der Waals surface area contributed by atoms with Crippen LogP contribution in [0.3, 0.4) is 0 Å². The molecule has 0 aliphatic carbocycles. The van der Waals surface area contributed by atoms with Crippen LogP contribution in [0.4, 0.5) is 5.69 Å². The van der Waals surface area contributed by atoms with Gasteiger partial charge in [-0.25, -0.2) is 0 Å². The minimum atomic E-state index is -0.0457. The van der Waals surface area contributed by atoms with Gasteiger partial charge in [0.1, 0.15) is 0 Å². The van der Waals surface area contributed by atoms with Crippen LogP contribution in [-0.2, 0) is 11.3 Å². The van der Waals surface area contributed by atoms with Gasteiger partial charge >= 0.3 is 0 Å². The number of pyridine rings is 1. The Morgan fingerprint density at radius 2 is 2.29 bits per heavy atom. The summed E-state index contributed by atoms with van der Waals surface area (Å²) in [7, 11) is 0. The summed E-state index contributed by atoms with van der Waals surface area (Å²) >= 11 is 0. The number of hydrogen-bond donors (Lipinski definition) is 1. The maximum absolute atomic E-state index is 9.41. The number of nitrogens with zero attached hydrogens (tertiary/aromatic N) is 2. The SMILES string of the molecule is Cc1cc(N2CCOCC2(C)C)c(CO)cn1. The average molecular weight is 236 g/mol. The highest BCUT2D eigenvalue weighted by atomic mass is 16.5. The van der Waals surface area contributed by atoms with Crippen molar-refractivity contribution in [1.82, 2.24) is 4.98 Å². The number of morpholine rings is 1. The topological polar surface area (TPSA) is 45.6 Å². The quantitative estimate of drug-likeness (QED) is 0.845. The van der Waals surface area contributed by atoms with Crippen LogP contribution in [0.15, 0.2) is 12.3 Å². The van der Waals surface area contributed by atoms with E-state index in [0.717, 1.165) is 30.1 Å². The fraction of sp³-hybridized carbons (Fsp3) is 0.615. The van der Waals surface area contributed by atoms with Crippen LogP contribution < -0.4 is 4.90 Å². The Labute approximate surface area is 102 Å². The molecule has 0 amide bonds. The molecule has 0 saturated carbocycles. The van der Waals surface area contributed by atoms with Crippen molar-refractivity contribution in [3.8, 4) is 0 Å². The first-order chi connectivity index (χ1) is 8.04. The largest absolute Gasteiger partial charge is 0.392 e. The molecule has 2 heterocycles. The molecule has 0 atom stereocenters. The first-order valence-corrected chi connectivity index (χ1v) is 5.96. The fourth-order valence-corrected chi connectivity index (χ4v) is 2.25. The van der Waals surface area contributed by atoms with E-state index in [4.69, 9.17) is 4.74 Å². The molecule has 1 fully saturated rings. The lowest BCUT2D eigenvalue weighted by atomic mass is 10.00. The summed E-state index contributed by atoms with van der Waals surface area (Å²) in [5.41, 5.74) is 2.88. The molecule has 1 N–H and O–H groups in total. The summed E-state index contributed by atoms with van der Waals surface area (Å²) in [6, 6.07) is 2.04. The normalized spacial score (nSPS) is 19.4. The number of aromatic nitrogens is 1. The van der Waals surface area contributed by atoms with Crippen molar-refractivity contribution in [3.63, 3.8) is 0 Å². The van der Waals surface area contributed by atoms with Crippen LogP contribution in [0.25, 0.3) is 0 Å². The van der Waals surface area contributed by atoms with Crippen LogP contribution in [0, 0.1) is 6.92 Å². The van der Waals surface area contributed by atoms with Crippen LogP contribution in [0.1, 0.15) is 25.1 Å². The van der Waals surface area contributed by atoms with Gasteiger partial charge in [-0.05, 0) is 26.8 Å². The van der Waals surface area contributed by atoms with Crippen LogP contribution in [-0.4, -0.2) is 35.4 Å². The van der Waals surface area contributed by atoms with Gasteiger partial charge in [0, 0.05) is 29.7 Å². The molecule has 4 nitrogen and oxygen atoms in total. The Morgan fingerprint density at radius 3 is 2.94 bits per heavy atom.